The molecule has 162 valence electrons. The van der Waals surface area contributed by atoms with Gasteiger partial charge in [0.25, 0.3) is 0 Å². The number of rotatable bonds is 12. The van der Waals surface area contributed by atoms with E-state index in [-0.39, 0.29) is 0 Å². The number of alkyl halides is 6. The first kappa shape index (κ1) is 27.4. The maximum absolute atomic E-state index is 13.0. The van der Waals surface area contributed by atoms with Crippen LogP contribution in [-0.2, 0) is 10.7 Å². The van der Waals surface area contributed by atoms with Gasteiger partial charge in [-0.2, -0.15) is 26.3 Å². The second-order valence-electron chi connectivity index (χ2n) is 6.61. The number of hydrogen-bond acceptors (Lipinski definition) is 3. The van der Waals surface area contributed by atoms with Crippen molar-refractivity contribution >= 4 is 31.8 Å². The summed E-state index contributed by atoms with van der Waals surface area (Å²) in [5.41, 5.74) is 0. The molecule has 0 aromatic heterocycles. The monoisotopic (exact) mass is 456 g/mol. The predicted molar refractivity (Wildman–Crippen MR) is 99.3 cm³/mol. The average Bonchev–Trinajstić information content (AvgIpc) is 2.60. The van der Waals surface area contributed by atoms with Crippen molar-refractivity contribution in [3.8, 4) is 0 Å². The molecule has 0 aromatic carbocycles. The Morgan fingerprint density at radius 2 is 0.889 bits per heavy atom. The van der Waals surface area contributed by atoms with Gasteiger partial charge in [-0.3, -0.25) is 0 Å². The standard InChI is InChI=1S/2C6H15OSi.C3HF6O.Al/c2*1-4-8(7,5-2)6-3;4-2(5,6)1(10)3(7,8)9;/h2*4-6H2,1-3H3;1H;/q3*-1;+3. The summed E-state index contributed by atoms with van der Waals surface area (Å²) >= 11 is -3.66. The van der Waals surface area contributed by atoms with Crippen LogP contribution in [0.3, 0.4) is 0 Å². The van der Waals surface area contributed by atoms with Gasteiger partial charge in [-0.1, -0.05) is 41.5 Å². The van der Waals surface area contributed by atoms with Crippen molar-refractivity contribution < 1.29 is 37.1 Å². The molecule has 0 unspecified atom stereocenters. The molecule has 0 rings (SSSR count). The van der Waals surface area contributed by atoms with Crippen LogP contribution in [-0.4, -0.2) is 50.2 Å². The number of hydrogen-bond donors (Lipinski definition) is 0. The van der Waals surface area contributed by atoms with E-state index in [0.29, 0.717) is 36.3 Å². The van der Waals surface area contributed by atoms with E-state index in [1.165, 1.54) is 0 Å². The smallest absolute Gasteiger partial charge is 0.499 e. The van der Waals surface area contributed by atoms with E-state index in [4.69, 9.17) is 6.96 Å². The van der Waals surface area contributed by atoms with Crippen LogP contribution in [0.4, 0.5) is 26.3 Å². The summed E-state index contributed by atoms with van der Waals surface area (Å²) in [6.07, 6.45) is -15.0. The van der Waals surface area contributed by atoms with Gasteiger partial charge in [0.05, 0.1) is 0 Å². The Bertz CT molecular complexity index is 376. The second kappa shape index (κ2) is 11.0. The molecule has 0 amide bonds. The minimum Gasteiger partial charge on any atom is -0.499 e. The van der Waals surface area contributed by atoms with Crippen molar-refractivity contribution in [2.24, 2.45) is 0 Å². The van der Waals surface area contributed by atoms with Crippen LogP contribution in [0.25, 0.3) is 0 Å². The van der Waals surface area contributed by atoms with E-state index >= 15 is 0 Å². The molecule has 0 saturated heterocycles. The molecule has 0 aliphatic carbocycles. The molecule has 0 radical (unpaired) electrons. The van der Waals surface area contributed by atoms with Crippen molar-refractivity contribution in [1.82, 2.24) is 0 Å². The minimum absolute atomic E-state index is 0.581. The van der Waals surface area contributed by atoms with Crippen LogP contribution in [0.15, 0.2) is 0 Å². The van der Waals surface area contributed by atoms with E-state index in [1.807, 2.05) is 41.5 Å². The van der Waals surface area contributed by atoms with E-state index in [1.54, 1.807) is 0 Å². The van der Waals surface area contributed by atoms with Crippen LogP contribution < -0.4 is 0 Å². The highest BCUT2D eigenvalue weighted by atomic mass is 28.4. The first-order valence-corrected chi connectivity index (χ1v) is 15.9. The Hall–Kier alpha value is 0.426. The summed E-state index contributed by atoms with van der Waals surface area (Å²) in [5.74, 6) is 0. The lowest BCUT2D eigenvalue weighted by Gasteiger charge is -2.38. The lowest BCUT2D eigenvalue weighted by molar-refractivity contribution is -0.305. The average molecular weight is 457 g/mol. The summed E-state index contributed by atoms with van der Waals surface area (Å²) < 4.78 is 94.6. The highest BCUT2D eigenvalue weighted by molar-refractivity contribution is 6.82. The fourth-order valence-corrected chi connectivity index (χ4v) is 14.8. The van der Waals surface area contributed by atoms with Crippen molar-refractivity contribution in [2.75, 3.05) is 0 Å². The van der Waals surface area contributed by atoms with Gasteiger partial charge in [-0.05, 0) is 36.3 Å². The summed E-state index contributed by atoms with van der Waals surface area (Å²) in [6.45, 7) is 11.1. The Balaban J connectivity index is 5.89. The van der Waals surface area contributed by atoms with Gasteiger partial charge < -0.3 is 10.7 Å². The minimum atomic E-state index is -5.57. The predicted octanol–water partition coefficient (Wildman–Crippen LogP) is 6.52. The van der Waals surface area contributed by atoms with Gasteiger partial charge in [0.1, 0.15) is 0 Å². The lowest BCUT2D eigenvalue weighted by atomic mass is 10.3. The van der Waals surface area contributed by atoms with Gasteiger partial charge in [-0.15, -0.1) is 0 Å². The highest BCUT2D eigenvalue weighted by Gasteiger charge is 2.61. The van der Waals surface area contributed by atoms with Gasteiger partial charge >= 0.3 is 27.5 Å². The van der Waals surface area contributed by atoms with Crippen LogP contribution in [0, 0.1) is 0 Å². The van der Waals surface area contributed by atoms with Crippen LogP contribution >= 0.6 is 0 Å². The van der Waals surface area contributed by atoms with Crippen molar-refractivity contribution in [3.05, 3.63) is 0 Å². The molecule has 0 heterocycles. The van der Waals surface area contributed by atoms with E-state index in [2.05, 4.69) is 3.79 Å². The SMILES string of the molecule is CC[Si](CC)(CC)[O][Al]([O]C(C(F)(F)F)C(F)(F)F)[O][Si](CC)(CC)CC. The van der Waals surface area contributed by atoms with E-state index in [9.17, 15) is 26.3 Å². The molecule has 0 saturated carbocycles. The molecular formula is C15H31AlF6O3Si2. The Labute approximate surface area is 165 Å². The molecular weight excluding hydrogens is 425 g/mol. The van der Waals surface area contributed by atoms with Gasteiger partial charge in [0, 0.05) is 0 Å². The molecule has 0 atom stereocenters. The third kappa shape index (κ3) is 7.99. The van der Waals surface area contributed by atoms with Crippen molar-refractivity contribution in [1.29, 1.82) is 0 Å². The third-order valence-electron chi connectivity index (χ3n) is 5.40. The molecule has 0 aliphatic heterocycles. The molecule has 0 aromatic rings. The Morgan fingerprint density at radius 1 is 0.630 bits per heavy atom. The Morgan fingerprint density at radius 3 is 1.07 bits per heavy atom. The lowest BCUT2D eigenvalue weighted by Crippen LogP contribution is -2.55. The zero-order valence-electron chi connectivity index (χ0n) is 16.9. The largest absolute Gasteiger partial charge is 0.883 e. The first-order valence-electron chi connectivity index (χ1n) is 9.43. The van der Waals surface area contributed by atoms with Gasteiger partial charge in [-0.25, -0.2) is 0 Å². The van der Waals surface area contributed by atoms with Crippen molar-refractivity contribution in [2.45, 2.75) is 96.3 Å². The van der Waals surface area contributed by atoms with Gasteiger partial charge in [0.15, 0.2) is 16.6 Å². The highest BCUT2D eigenvalue weighted by Crippen LogP contribution is 2.38. The van der Waals surface area contributed by atoms with Crippen LogP contribution in [0.2, 0.25) is 36.3 Å². The first-order chi connectivity index (χ1) is 12.3. The summed E-state index contributed by atoms with van der Waals surface area (Å²) in [5, 5.41) is 0. The molecule has 0 aliphatic rings. The molecule has 27 heavy (non-hydrogen) atoms. The zero-order chi connectivity index (χ0) is 21.5. The molecule has 0 fully saturated rings. The molecule has 3 nitrogen and oxygen atoms in total. The summed E-state index contributed by atoms with van der Waals surface area (Å²) in [7, 11) is -5.01. The quantitative estimate of drug-likeness (QED) is 0.247. The molecule has 0 N–H and O–H groups in total. The van der Waals surface area contributed by atoms with Crippen molar-refractivity contribution in [3.63, 3.8) is 0 Å². The normalized spacial score (nSPS) is 14.1. The molecule has 0 spiro atoms. The zero-order valence-corrected chi connectivity index (χ0v) is 20.0. The summed E-state index contributed by atoms with van der Waals surface area (Å²) in [4.78, 5) is 0. The fourth-order valence-electron chi connectivity index (χ4n) is 2.94. The maximum Gasteiger partial charge on any atom is 0.883 e. The second-order valence-corrected chi connectivity index (χ2v) is 18.3. The van der Waals surface area contributed by atoms with Crippen LogP contribution in [0.5, 0.6) is 0 Å². The van der Waals surface area contributed by atoms with E-state index in [0.717, 1.165) is 0 Å². The third-order valence-corrected chi connectivity index (χ3v) is 19.2. The van der Waals surface area contributed by atoms with E-state index < -0.39 is 50.2 Å². The topological polar surface area (TPSA) is 27.7 Å². The number of halogens is 6. The summed E-state index contributed by atoms with van der Waals surface area (Å²) in [6, 6.07) is 3.49. The Kier molecular flexibility index (Phi) is 11.2. The van der Waals surface area contributed by atoms with Crippen LogP contribution in [0.1, 0.15) is 41.5 Å². The van der Waals surface area contributed by atoms with Gasteiger partial charge in [0.2, 0.25) is 6.10 Å². The molecule has 12 heteroatoms. The molecule has 0 bridgehead atoms. The maximum atomic E-state index is 13.0. The fraction of sp³-hybridized carbons (Fsp3) is 1.00.